The zero-order valence-corrected chi connectivity index (χ0v) is 11.2. The Hall–Kier alpha value is -1.61. The van der Waals surface area contributed by atoms with Crippen LogP contribution in [0.25, 0.3) is 0 Å². The maximum atomic E-state index is 11.9. The number of rotatable bonds is 3. The molecule has 0 radical (unpaired) electrons. The number of carbonyl (C=O) groups excluding carboxylic acids is 1. The highest BCUT2D eigenvalue weighted by Crippen LogP contribution is 2.23. The molecule has 1 aliphatic heterocycles. The van der Waals surface area contributed by atoms with E-state index in [4.69, 9.17) is 5.26 Å². The number of anilines is 1. The predicted molar refractivity (Wildman–Crippen MR) is 70.5 cm³/mol. The van der Waals surface area contributed by atoms with Crippen molar-refractivity contribution in [1.82, 2.24) is 9.27 Å². The summed E-state index contributed by atoms with van der Waals surface area (Å²) < 4.78 is 4.11. The number of nitriles is 1. The maximum Gasteiger partial charge on any atom is 0.241 e. The van der Waals surface area contributed by atoms with Crippen LogP contribution in [-0.4, -0.2) is 34.8 Å². The lowest BCUT2D eigenvalue weighted by atomic mass is 10.1. The van der Waals surface area contributed by atoms with Gasteiger partial charge in [0, 0.05) is 13.1 Å². The molecule has 1 aromatic heterocycles. The number of aryl methyl sites for hydroxylation is 1. The van der Waals surface area contributed by atoms with Crippen molar-refractivity contribution >= 4 is 22.4 Å². The molecule has 0 aliphatic carbocycles. The topological polar surface area (TPSA) is 69.0 Å². The van der Waals surface area contributed by atoms with E-state index < -0.39 is 0 Å². The number of amides is 1. The maximum absolute atomic E-state index is 11.9. The highest BCUT2D eigenvalue weighted by Gasteiger charge is 2.17. The Morgan fingerprint density at radius 1 is 1.50 bits per heavy atom. The van der Waals surface area contributed by atoms with Gasteiger partial charge in [-0.15, -0.1) is 0 Å². The van der Waals surface area contributed by atoms with Crippen molar-refractivity contribution in [3.63, 3.8) is 0 Å². The molecule has 0 atom stereocenters. The summed E-state index contributed by atoms with van der Waals surface area (Å²) in [7, 11) is 0. The Kier molecular flexibility index (Phi) is 4.15. The summed E-state index contributed by atoms with van der Waals surface area (Å²) in [6.07, 6.45) is 3.40. The standard InChI is InChI=1S/C12H16N4OS/c1-9-10(7-13)12(18-15-9)14-8-11(17)16-5-3-2-4-6-16/h14H,2-6,8H2,1H3. The van der Waals surface area contributed by atoms with Crippen LogP contribution in [0.15, 0.2) is 0 Å². The van der Waals surface area contributed by atoms with E-state index in [2.05, 4.69) is 15.8 Å². The number of hydrogen-bond donors (Lipinski definition) is 1. The van der Waals surface area contributed by atoms with Gasteiger partial charge >= 0.3 is 0 Å². The smallest absolute Gasteiger partial charge is 0.241 e. The van der Waals surface area contributed by atoms with E-state index in [1.54, 1.807) is 6.92 Å². The van der Waals surface area contributed by atoms with Crippen molar-refractivity contribution in [2.24, 2.45) is 0 Å². The quantitative estimate of drug-likeness (QED) is 0.903. The van der Waals surface area contributed by atoms with E-state index in [1.165, 1.54) is 18.0 Å². The molecule has 6 heteroatoms. The van der Waals surface area contributed by atoms with Crippen LogP contribution in [0.1, 0.15) is 30.5 Å². The van der Waals surface area contributed by atoms with Gasteiger partial charge in [-0.25, -0.2) is 0 Å². The molecule has 96 valence electrons. The Bertz CT molecular complexity index is 471. The molecule has 1 aliphatic rings. The fraction of sp³-hybridized carbons (Fsp3) is 0.583. The predicted octanol–water partition coefficient (Wildman–Crippen LogP) is 1.75. The highest BCUT2D eigenvalue weighted by molar-refractivity contribution is 7.10. The molecule has 0 unspecified atom stereocenters. The van der Waals surface area contributed by atoms with Gasteiger partial charge in [0.05, 0.1) is 12.2 Å². The molecule has 1 N–H and O–H groups in total. The SMILES string of the molecule is Cc1nsc(NCC(=O)N2CCCCC2)c1C#N. The van der Waals surface area contributed by atoms with Gasteiger partial charge in [0.2, 0.25) is 5.91 Å². The fourth-order valence-corrected chi connectivity index (χ4v) is 2.77. The number of hydrogen-bond acceptors (Lipinski definition) is 5. The second-order valence-corrected chi connectivity index (χ2v) is 5.15. The van der Waals surface area contributed by atoms with Crippen LogP contribution < -0.4 is 5.32 Å². The summed E-state index contributed by atoms with van der Waals surface area (Å²) in [5.74, 6) is 0.102. The number of piperidine rings is 1. The largest absolute Gasteiger partial charge is 0.366 e. The molecule has 0 bridgehead atoms. The van der Waals surface area contributed by atoms with E-state index in [-0.39, 0.29) is 12.5 Å². The first-order valence-electron chi connectivity index (χ1n) is 6.10. The minimum absolute atomic E-state index is 0.102. The van der Waals surface area contributed by atoms with Gasteiger partial charge < -0.3 is 10.2 Å². The van der Waals surface area contributed by atoms with Gasteiger partial charge in [0.25, 0.3) is 0 Å². The molecule has 18 heavy (non-hydrogen) atoms. The number of carbonyl (C=O) groups is 1. The van der Waals surface area contributed by atoms with Crippen LogP contribution in [0.3, 0.4) is 0 Å². The van der Waals surface area contributed by atoms with E-state index in [0.717, 1.165) is 31.6 Å². The lowest BCUT2D eigenvalue weighted by Crippen LogP contribution is -2.39. The van der Waals surface area contributed by atoms with Crippen LogP contribution in [0.4, 0.5) is 5.00 Å². The van der Waals surface area contributed by atoms with Crippen LogP contribution in [-0.2, 0) is 4.79 Å². The van der Waals surface area contributed by atoms with Crippen molar-refractivity contribution in [2.45, 2.75) is 26.2 Å². The molecular formula is C12H16N4OS. The van der Waals surface area contributed by atoms with E-state index >= 15 is 0 Å². The normalized spacial score (nSPS) is 15.2. The second-order valence-electron chi connectivity index (χ2n) is 4.38. The zero-order valence-electron chi connectivity index (χ0n) is 10.4. The van der Waals surface area contributed by atoms with Crippen molar-refractivity contribution < 1.29 is 4.79 Å². The molecule has 0 saturated carbocycles. The zero-order chi connectivity index (χ0) is 13.0. The summed E-state index contributed by atoms with van der Waals surface area (Å²) in [6.45, 7) is 3.75. The minimum atomic E-state index is 0.102. The average molecular weight is 264 g/mol. The second kappa shape index (κ2) is 5.83. The van der Waals surface area contributed by atoms with E-state index in [9.17, 15) is 4.79 Å². The molecule has 1 amide bonds. The van der Waals surface area contributed by atoms with Crippen LogP contribution in [0.2, 0.25) is 0 Å². The van der Waals surface area contributed by atoms with Gasteiger partial charge in [0.1, 0.15) is 16.6 Å². The number of aromatic nitrogens is 1. The monoisotopic (exact) mass is 264 g/mol. The third kappa shape index (κ3) is 2.79. The van der Waals surface area contributed by atoms with Crippen LogP contribution in [0.5, 0.6) is 0 Å². The lowest BCUT2D eigenvalue weighted by molar-refractivity contribution is -0.130. The lowest BCUT2D eigenvalue weighted by Gasteiger charge is -2.26. The van der Waals surface area contributed by atoms with Gasteiger partial charge in [-0.3, -0.25) is 4.79 Å². The van der Waals surface area contributed by atoms with Crippen LogP contribution in [0, 0.1) is 18.3 Å². The van der Waals surface area contributed by atoms with Crippen molar-refractivity contribution in [3.8, 4) is 6.07 Å². The minimum Gasteiger partial charge on any atom is -0.366 e. The molecule has 1 saturated heterocycles. The van der Waals surface area contributed by atoms with Crippen molar-refractivity contribution in [3.05, 3.63) is 11.3 Å². The molecule has 1 aromatic rings. The summed E-state index contributed by atoms with van der Waals surface area (Å²) in [5.41, 5.74) is 1.27. The molecule has 0 spiro atoms. The molecule has 2 heterocycles. The fourth-order valence-electron chi connectivity index (χ4n) is 2.03. The van der Waals surface area contributed by atoms with E-state index in [1.807, 2.05) is 4.90 Å². The number of likely N-dealkylation sites (tertiary alicyclic amines) is 1. The van der Waals surface area contributed by atoms with Gasteiger partial charge in [-0.05, 0) is 37.7 Å². The Balaban J connectivity index is 1.91. The third-order valence-electron chi connectivity index (χ3n) is 3.08. The summed E-state index contributed by atoms with van der Waals surface area (Å²) >= 11 is 1.24. The Morgan fingerprint density at radius 2 is 2.22 bits per heavy atom. The summed E-state index contributed by atoms with van der Waals surface area (Å²) in [6, 6.07) is 2.11. The van der Waals surface area contributed by atoms with Gasteiger partial charge in [0.15, 0.2) is 0 Å². The van der Waals surface area contributed by atoms with Crippen molar-refractivity contribution in [2.75, 3.05) is 25.0 Å². The third-order valence-corrected chi connectivity index (χ3v) is 3.98. The molecule has 0 aromatic carbocycles. The first kappa shape index (κ1) is 12.8. The number of nitrogens with one attached hydrogen (secondary N) is 1. The van der Waals surface area contributed by atoms with Crippen LogP contribution >= 0.6 is 11.5 Å². The van der Waals surface area contributed by atoms with E-state index in [0.29, 0.717) is 10.6 Å². The first-order chi connectivity index (χ1) is 8.72. The molecular weight excluding hydrogens is 248 g/mol. The van der Waals surface area contributed by atoms with Crippen molar-refractivity contribution in [1.29, 1.82) is 5.26 Å². The summed E-state index contributed by atoms with van der Waals surface area (Å²) in [4.78, 5) is 13.8. The summed E-state index contributed by atoms with van der Waals surface area (Å²) in [5, 5.41) is 12.7. The highest BCUT2D eigenvalue weighted by atomic mass is 32.1. The van der Waals surface area contributed by atoms with Gasteiger partial charge in [-0.2, -0.15) is 9.64 Å². The first-order valence-corrected chi connectivity index (χ1v) is 6.87. The Labute approximate surface area is 111 Å². The molecule has 1 fully saturated rings. The van der Waals surface area contributed by atoms with Gasteiger partial charge in [-0.1, -0.05) is 0 Å². The molecule has 5 nitrogen and oxygen atoms in total. The number of nitrogens with zero attached hydrogens (tertiary/aromatic N) is 3. The average Bonchev–Trinajstić information content (AvgIpc) is 2.77. The Morgan fingerprint density at radius 3 is 2.89 bits per heavy atom. The molecule has 2 rings (SSSR count).